The van der Waals surface area contributed by atoms with Crippen LogP contribution in [-0.4, -0.2) is 46.9 Å². The van der Waals surface area contributed by atoms with Crippen LogP contribution in [-0.2, 0) is 4.74 Å². The first-order valence-corrected chi connectivity index (χ1v) is 8.29. The molecule has 26 heavy (non-hydrogen) atoms. The Balaban J connectivity index is 1.80. The number of aromatic nitrogens is 3. The van der Waals surface area contributed by atoms with Gasteiger partial charge in [-0.3, -0.25) is 14.6 Å². The molecule has 0 spiro atoms. The first-order chi connectivity index (χ1) is 12.7. The van der Waals surface area contributed by atoms with Gasteiger partial charge in [0.2, 0.25) is 5.43 Å². The number of nitrogens with zero attached hydrogens (tertiary/aromatic N) is 4. The summed E-state index contributed by atoms with van der Waals surface area (Å²) in [5, 5.41) is 5.16. The van der Waals surface area contributed by atoms with Crippen molar-refractivity contribution in [2.24, 2.45) is 0 Å². The molecule has 1 aliphatic rings. The van der Waals surface area contributed by atoms with E-state index in [0.29, 0.717) is 43.0 Å². The number of anilines is 1. The number of fused-ring (bicyclic) bond motifs is 1. The van der Waals surface area contributed by atoms with Crippen molar-refractivity contribution < 1.29 is 9.53 Å². The number of morpholine rings is 1. The smallest absolute Gasteiger partial charge is 0.261 e. The second-order valence-corrected chi connectivity index (χ2v) is 5.85. The number of rotatable bonds is 3. The highest BCUT2D eigenvalue weighted by atomic mass is 16.5. The standard InChI is InChI=1S/C18H17N5O3/c24-16-14-2-1-5-20-17(14)23(22-8-10-26-11-9-22)12-15(16)18(25)21-13-3-6-19-7-4-13/h1-7,12H,8-11H2,(H,19,21,25). The van der Waals surface area contributed by atoms with Crippen LogP contribution in [0.25, 0.3) is 11.0 Å². The third kappa shape index (κ3) is 3.02. The molecule has 3 aromatic heterocycles. The van der Waals surface area contributed by atoms with Gasteiger partial charge in [0.15, 0.2) is 5.65 Å². The van der Waals surface area contributed by atoms with Crippen molar-refractivity contribution in [3.05, 3.63) is 64.8 Å². The molecule has 0 unspecified atom stereocenters. The molecule has 8 heteroatoms. The number of carbonyl (C=O) groups excluding carboxylic acids is 1. The summed E-state index contributed by atoms with van der Waals surface area (Å²) in [5.41, 5.74) is 0.825. The van der Waals surface area contributed by atoms with Crippen molar-refractivity contribution >= 4 is 22.6 Å². The minimum absolute atomic E-state index is 0.0637. The molecular formula is C18H17N5O3. The summed E-state index contributed by atoms with van der Waals surface area (Å²) >= 11 is 0. The van der Waals surface area contributed by atoms with Crippen LogP contribution in [0.15, 0.2) is 53.8 Å². The highest BCUT2D eigenvalue weighted by Crippen LogP contribution is 2.13. The molecule has 0 atom stereocenters. The van der Waals surface area contributed by atoms with Gasteiger partial charge in [-0.05, 0) is 24.3 Å². The molecule has 1 amide bonds. The highest BCUT2D eigenvalue weighted by molar-refractivity contribution is 6.05. The van der Waals surface area contributed by atoms with Crippen molar-refractivity contribution in [1.82, 2.24) is 14.6 Å². The largest absolute Gasteiger partial charge is 0.378 e. The number of hydrogen-bond donors (Lipinski definition) is 1. The number of amides is 1. The molecule has 8 nitrogen and oxygen atoms in total. The first-order valence-electron chi connectivity index (χ1n) is 8.29. The van der Waals surface area contributed by atoms with E-state index in [1.54, 1.807) is 53.7 Å². The SMILES string of the molecule is O=C(Nc1ccncc1)c1cn(N2CCOCC2)c2ncccc2c1=O. The highest BCUT2D eigenvalue weighted by Gasteiger charge is 2.20. The predicted molar refractivity (Wildman–Crippen MR) is 97.0 cm³/mol. The second-order valence-electron chi connectivity index (χ2n) is 5.85. The monoisotopic (exact) mass is 351 g/mol. The van der Waals surface area contributed by atoms with Crippen LogP contribution in [0.3, 0.4) is 0 Å². The van der Waals surface area contributed by atoms with Gasteiger partial charge in [0.1, 0.15) is 5.56 Å². The number of hydrogen-bond acceptors (Lipinski definition) is 6. The normalized spacial score (nSPS) is 14.4. The zero-order chi connectivity index (χ0) is 17.9. The minimum atomic E-state index is -0.464. The Morgan fingerprint density at radius 3 is 2.65 bits per heavy atom. The van der Waals surface area contributed by atoms with E-state index in [2.05, 4.69) is 15.3 Å². The Hall–Kier alpha value is -3.26. The number of pyridine rings is 3. The van der Waals surface area contributed by atoms with Crippen molar-refractivity contribution in [3.63, 3.8) is 0 Å². The van der Waals surface area contributed by atoms with Crippen LogP contribution < -0.4 is 15.8 Å². The molecule has 1 fully saturated rings. The number of ether oxygens (including phenoxy) is 1. The molecule has 3 aromatic rings. The second kappa shape index (κ2) is 6.93. The van der Waals surface area contributed by atoms with Crippen molar-refractivity contribution in [3.8, 4) is 0 Å². The number of carbonyl (C=O) groups is 1. The summed E-state index contributed by atoms with van der Waals surface area (Å²) in [6, 6.07) is 6.71. The predicted octanol–water partition coefficient (Wildman–Crippen LogP) is 1.01. The molecule has 132 valence electrons. The summed E-state index contributed by atoms with van der Waals surface area (Å²) in [6.45, 7) is 2.47. The van der Waals surface area contributed by atoms with Gasteiger partial charge in [0.05, 0.1) is 31.7 Å². The van der Waals surface area contributed by atoms with Crippen LogP contribution in [0.2, 0.25) is 0 Å². The van der Waals surface area contributed by atoms with Crippen LogP contribution >= 0.6 is 0 Å². The maximum absolute atomic E-state index is 12.8. The lowest BCUT2D eigenvalue weighted by Crippen LogP contribution is -2.45. The third-order valence-corrected chi connectivity index (χ3v) is 4.22. The lowest BCUT2D eigenvalue weighted by Gasteiger charge is -2.31. The third-order valence-electron chi connectivity index (χ3n) is 4.22. The van der Waals surface area contributed by atoms with E-state index in [4.69, 9.17) is 4.74 Å². The molecule has 0 aromatic carbocycles. The molecule has 4 heterocycles. The van der Waals surface area contributed by atoms with E-state index in [9.17, 15) is 9.59 Å². The van der Waals surface area contributed by atoms with E-state index < -0.39 is 5.91 Å². The molecule has 1 aliphatic heterocycles. The van der Waals surface area contributed by atoms with Gasteiger partial charge >= 0.3 is 0 Å². The van der Waals surface area contributed by atoms with Crippen molar-refractivity contribution in [1.29, 1.82) is 0 Å². The Kier molecular flexibility index (Phi) is 4.32. The fourth-order valence-corrected chi connectivity index (χ4v) is 2.92. The average molecular weight is 351 g/mol. The molecular weight excluding hydrogens is 334 g/mol. The quantitative estimate of drug-likeness (QED) is 0.758. The lowest BCUT2D eigenvalue weighted by atomic mass is 10.2. The fourth-order valence-electron chi connectivity index (χ4n) is 2.92. The Labute approximate surface area is 149 Å². The molecule has 4 rings (SSSR count). The van der Waals surface area contributed by atoms with Crippen LogP contribution in [0.5, 0.6) is 0 Å². The fraction of sp³-hybridized carbons (Fsp3) is 0.222. The van der Waals surface area contributed by atoms with Crippen molar-refractivity contribution in [2.45, 2.75) is 0 Å². The molecule has 0 bridgehead atoms. The van der Waals surface area contributed by atoms with E-state index >= 15 is 0 Å². The van der Waals surface area contributed by atoms with E-state index in [0.717, 1.165) is 0 Å². The van der Waals surface area contributed by atoms with E-state index in [-0.39, 0.29) is 11.0 Å². The summed E-state index contributed by atoms with van der Waals surface area (Å²) in [7, 11) is 0. The Morgan fingerprint density at radius 1 is 1.12 bits per heavy atom. The Bertz CT molecular complexity index is 997. The maximum atomic E-state index is 12.8. The molecule has 1 N–H and O–H groups in total. The molecule has 0 saturated carbocycles. The van der Waals surface area contributed by atoms with Gasteiger partial charge in [0, 0.05) is 30.5 Å². The first kappa shape index (κ1) is 16.2. The van der Waals surface area contributed by atoms with Crippen LogP contribution in [0.4, 0.5) is 5.69 Å². The van der Waals surface area contributed by atoms with Crippen LogP contribution in [0, 0.1) is 0 Å². The zero-order valence-corrected chi connectivity index (χ0v) is 14.0. The average Bonchev–Trinajstić information content (AvgIpc) is 2.70. The maximum Gasteiger partial charge on any atom is 0.261 e. The summed E-state index contributed by atoms with van der Waals surface area (Å²) in [6.07, 6.45) is 6.34. The summed E-state index contributed by atoms with van der Waals surface area (Å²) < 4.78 is 7.17. The minimum Gasteiger partial charge on any atom is -0.378 e. The Morgan fingerprint density at radius 2 is 1.88 bits per heavy atom. The number of nitrogens with one attached hydrogen (secondary N) is 1. The van der Waals surface area contributed by atoms with Gasteiger partial charge in [0.25, 0.3) is 5.91 Å². The van der Waals surface area contributed by atoms with Gasteiger partial charge in [-0.2, -0.15) is 0 Å². The van der Waals surface area contributed by atoms with Crippen molar-refractivity contribution in [2.75, 3.05) is 36.6 Å². The van der Waals surface area contributed by atoms with Gasteiger partial charge < -0.3 is 15.1 Å². The van der Waals surface area contributed by atoms with Gasteiger partial charge in [-0.1, -0.05) is 0 Å². The van der Waals surface area contributed by atoms with E-state index in [1.165, 1.54) is 0 Å². The molecule has 1 saturated heterocycles. The zero-order valence-electron chi connectivity index (χ0n) is 14.0. The molecule has 0 radical (unpaired) electrons. The molecule has 0 aliphatic carbocycles. The van der Waals surface area contributed by atoms with Gasteiger partial charge in [-0.25, -0.2) is 9.66 Å². The van der Waals surface area contributed by atoms with E-state index in [1.807, 2.05) is 5.01 Å². The lowest BCUT2D eigenvalue weighted by molar-refractivity contribution is 0.102. The topological polar surface area (TPSA) is 89.3 Å². The summed E-state index contributed by atoms with van der Waals surface area (Å²) in [5.74, 6) is -0.464. The summed E-state index contributed by atoms with van der Waals surface area (Å²) in [4.78, 5) is 33.8. The van der Waals surface area contributed by atoms with Gasteiger partial charge in [-0.15, -0.1) is 0 Å². The van der Waals surface area contributed by atoms with Crippen LogP contribution in [0.1, 0.15) is 10.4 Å².